The van der Waals surface area contributed by atoms with Crippen molar-refractivity contribution in [2.45, 2.75) is 71.4 Å². The van der Waals surface area contributed by atoms with Crippen molar-refractivity contribution in [3.63, 3.8) is 0 Å². The molecule has 3 nitrogen and oxygen atoms in total. The molecule has 0 aromatic carbocycles. The van der Waals surface area contributed by atoms with Gasteiger partial charge in [-0.1, -0.05) is 40.0 Å². The van der Waals surface area contributed by atoms with Crippen molar-refractivity contribution in [2.24, 2.45) is 5.73 Å². The Morgan fingerprint density at radius 1 is 0.833 bits per heavy atom. The molecule has 0 aliphatic carbocycles. The van der Waals surface area contributed by atoms with E-state index in [1.165, 1.54) is 12.8 Å². The Morgan fingerprint density at radius 3 is 1.78 bits per heavy atom. The molecule has 18 heavy (non-hydrogen) atoms. The van der Waals surface area contributed by atoms with Crippen LogP contribution in [0.4, 0.5) is 0 Å². The summed E-state index contributed by atoms with van der Waals surface area (Å²) in [6, 6.07) is 2.17. The third kappa shape index (κ3) is 8.24. The van der Waals surface area contributed by atoms with E-state index in [0.29, 0.717) is 0 Å². The zero-order chi connectivity index (χ0) is 13.7. The van der Waals surface area contributed by atoms with Crippen LogP contribution in [0.2, 0.25) is 12.1 Å². The zero-order valence-corrected chi connectivity index (χ0v) is 13.7. The Hall–Kier alpha value is 0.0969. The first-order valence-corrected chi connectivity index (χ1v) is 9.95. The van der Waals surface area contributed by atoms with E-state index in [1.807, 2.05) is 0 Å². The van der Waals surface area contributed by atoms with Crippen LogP contribution in [-0.2, 0) is 8.85 Å². The fourth-order valence-electron chi connectivity index (χ4n) is 1.91. The van der Waals surface area contributed by atoms with Crippen molar-refractivity contribution in [2.75, 3.05) is 19.8 Å². The molecule has 0 saturated carbocycles. The summed E-state index contributed by atoms with van der Waals surface area (Å²) < 4.78 is 12.4. The summed E-state index contributed by atoms with van der Waals surface area (Å²) in [6.45, 7) is 9.12. The first-order valence-electron chi connectivity index (χ1n) is 7.72. The van der Waals surface area contributed by atoms with Gasteiger partial charge in [0.15, 0.2) is 0 Å². The molecule has 4 heteroatoms. The molecule has 0 rings (SSSR count). The van der Waals surface area contributed by atoms with Crippen LogP contribution < -0.4 is 5.73 Å². The molecule has 0 amide bonds. The summed E-state index contributed by atoms with van der Waals surface area (Å²) in [4.78, 5) is 0. The van der Waals surface area contributed by atoms with Gasteiger partial charge in [0.1, 0.15) is 0 Å². The summed E-state index contributed by atoms with van der Waals surface area (Å²) in [5.74, 6) is 0. The van der Waals surface area contributed by atoms with Gasteiger partial charge in [-0.25, -0.2) is 0 Å². The molecule has 0 unspecified atom stereocenters. The largest absolute Gasteiger partial charge is 0.394 e. The highest BCUT2D eigenvalue weighted by atomic mass is 28.4. The predicted octanol–water partition coefficient (Wildman–Crippen LogP) is 3.82. The van der Waals surface area contributed by atoms with E-state index in [9.17, 15) is 0 Å². The number of hydrogen-bond donors (Lipinski definition) is 1. The lowest BCUT2D eigenvalue weighted by Gasteiger charge is -2.30. The zero-order valence-electron chi connectivity index (χ0n) is 12.7. The van der Waals surface area contributed by atoms with Gasteiger partial charge in [-0.2, -0.15) is 0 Å². The summed E-state index contributed by atoms with van der Waals surface area (Å²) in [5.41, 5.74) is 5.58. The van der Waals surface area contributed by atoms with Crippen molar-refractivity contribution in [1.29, 1.82) is 0 Å². The molecule has 0 radical (unpaired) electrons. The molecule has 0 heterocycles. The van der Waals surface area contributed by atoms with E-state index >= 15 is 0 Å². The molecule has 0 aromatic rings. The Bertz CT molecular complexity index is 153. The normalized spacial score (nSPS) is 12.0. The maximum absolute atomic E-state index is 6.19. The molecule has 0 fully saturated rings. The molecular weight excluding hydrogens is 242 g/mol. The van der Waals surface area contributed by atoms with E-state index in [-0.39, 0.29) is 0 Å². The van der Waals surface area contributed by atoms with Crippen LogP contribution in [0.5, 0.6) is 0 Å². The Morgan fingerprint density at radius 2 is 1.39 bits per heavy atom. The quantitative estimate of drug-likeness (QED) is 0.410. The third-order valence-corrected chi connectivity index (χ3v) is 6.93. The highest BCUT2D eigenvalue weighted by molar-refractivity contribution is 6.67. The SMILES string of the molecule is CCCCO[Si](CC)(CCCCN)OCCCC. The van der Waals surface area contributed by atoms with E-state index in [0.717, 1.165) is 57.5 Å². The van der Waals surface area contributed by atoms with Gasteiger partial charge < -0.3 is 14.6 Å². The third-order valence-electron chi connectivity index (χ3n) is 3.28. The minimum atomic E-state index is -1.94. The van der Waals surface area contributed by atoms with Gasteiger partial charge in [-0.3, -0.25) is 0 Å². The second kappa shape index (κ2) is 12.1. The van der Waals surface area contributed by atoms with Crippen molar-refractivity contribution in [3.8, 4) is 0 Å². The van der Waals surface area contributed by atoms with Crippen LogP contribution in [0.15, 0.2) is 0 Å². The summed E-state index contributed by atoms with van der Waals surface area (Å²) >= 11 is 0. The molecule has 0 aliphatic heterocycles. The highest BCUT2D eigenvalue weighted by Crippen LogP contribution is 2.22. The van der Waals surface area contributed by atoms with Gasteiger partial charge in [0.05, 0.1) is 0 Å². The second-order valence-corrected chi connectivity index (χ2v) is 8.52. The van der Waals surface area contributed by atoms with Crippen LogP contribution >= 0.6 is 0 Å². The van der Waals surface area contributed by atoms with Crippen LogP contribution in [0.25, 0.3) is 0 Å². The number of unbranched alkanes of at least 4 members (excludes halogenated alkanes) is 3. The van der Waals surface area contributed by atoms with Crippen LogP contribution in [0.1, 0.15) is 59.3 Å². The van der Waals surface area contributed by atoms with Gasteiger partial charge in [0.25, 0.3) is 0 Å². The van der Waals surface area contributed by atoms with Crippen LogP contribution in [0, 0.1) is 0 Å². The molecule has 0 spiro atoms. The second-order valence-electron chi connectivity index (χ2n) is 4.91. The van der Waals surface area contributed by atoms with Crippen LogP contribution in [-0.4, -0.2) is 28.3 Å². The molecule has 0 aliphatic rings. The van der Waals surface area contributed by atoms with Gasteiger partial charge in [0.2, 0.25) is 0 Å². The Labute approximate surface area is 115 Å². The lowest BCUT2D eigenvalue weighted by molar-refractivity contribution is 0.163. The molecular formula is C14H33NO2Si. The highest BCUT2D eigenvalue weighted by Gasteiger charge is 2.34. The fraction of sp³-hybridized carbons (Fsp3) is 1.00. The standard InChI is InChI=1S/C14H33NO2Si/c1-4-7-12-16-18(6-3,14-10-9-11-15)17-13-8-5-2/h4-15H2,1-3H3. The minimum absolute atomic E-state index is 0.776. The first kappa shape index (κ1) is 18.1. The van der Waals surface area contributed by atoms with Gasteiger partial charge in [0, 0.05) is 13.2 Å². The summed E-state index contributed by atoms with van der Waals surface area (Å²) in [7, 11) is -1.94. The van der Waals surface area contributed by atoms with E-state index in [1.54, 1.807) is 0 Å². The molecule has 0 saturated heterocycles. The van der Waals surface area contributed by atoms with Crippen molar-refractivity contribution in [3.05, 3.63) is 0 Å². The molecule has 0 bridgehead atoms. The number of nitrogens with two attached hydrogens (primary N) is 1. The van der Waals surface area contributed by atoms with E-state index in [4.69, 9.17) is 14.6 Å². The number of rotatable bonds is 13. The lowest BCUT2D eigenvalue weighted by atomic mass is 10.3. The summed E-state index contributed by atoms with van der Waals surface area (Å²) in [6.07, 6.45) is 6.89. The maximum atomic E-state index is 6.19. The van der Waals surface area contributed by atoms with E-state index in [2.05, 4.69) is 20.8 Å². The first-order chi connectivity index (χ1) is 8.74. The molecule has 110 valence electrons. The van der Waals surface area contributed by atoms with Crippen LogP contribution in [0.3, 0.4) is 0 Å². The lowest BCUT2D eigenvalue weighted by Crippen LogP contribution is -2.42. The predicted molar refractivity (Wildman–Crippen MR) is 81.1 cm³/mol. The Balaban J connectivity index is 4.20. The fourth-order valence-corrected chi connectivity index (χ4v) is 4.87. The van der Waals surface area contributed by atoms with E-state index < -0.39 is 8.56 Å². The van der Waals surface area contributed by atoms with Crippen molar-refractivity contribution in [1.82, 2.24) is 0 Å². The van der Waals surface area contributed by atoms with Gasteiger partial charge in [-0.05, 0) is 37.9 Å². The molecule has 0 atom stereocenters. The van der Waals surface area contributed by atoms with Crippen molar-refractivity contribution >= 4 is 8.56 Å². The number of hydrogen-bond acceptors (Lipinski definition) is 3. The van der Waals surface area contributed by atoms with Gasteiger partial charge in [-0.15, -0.1) is 0 Å². The maximum Gasteiger partial charge on any atom is 0.337 e. The summed E-state index contributed by atoms with van der Waals surface area (Å²) in [5, 5.41) is 0. The van der Waals surface area contributed by atoms with Gasteiger partial charge >= 0.3 is 8.56 Å². The smallest absolute Gasteiger partial charge is 0.337 e. The topological polar surface area (TPSA) is 44.5 Å². The molecule has 2 N–H and O–H groups in total. The average molecular weight is 276 g/mol. The monoisotopic (exact) mass is 275 g/mol. The minimum Gasteiger partial charge on any atom is -0.394 e. The van der Waals surface area contributed by atoms with Crippen molar-refractivity contribution < 1.29 is 8.85 Å². The Kier molecular flexibility index (Phi) is 12.2. The molecule has 0 aromatic heterocycles. The average Bonchev–Trinajstić information content (AvgIpc) is 2.39.